The van der Waals surface area contributed by atoms with E-state index in [1.807, 2.05) is 32.0 Å². The first kappa shape index (κ1) is 18.6. The molecule has 1 rings (SSSR count). The van der Waals surface area contributed by atoms with Gasteiger partial charge in [-0.25, -0.2) is 4.79 Å². The van der Waals surface area contributed by atoms with E-state index in [4.69, 9.17) is 0 Å². The minimum atomic E-state index is -0.811. The SMILES string of the molecule is COC(=O)NC(=O)[C@H](C)[NH+](C)CC(=O)Nc1c(C)cccc1C. The Labute approximate surface area is 136 Å². The van der Waals surface area contributed by atoms with Crippen molar-refractivity contribution in [3.05, 3.63) is 29.3 Å². The van der Waals surface area contributed by atoms with E-state index in [1.54, 1.807) is 14.0 Å². The van der Waals surface area contributed by atoms with Gasteiger partial charge < -0.3 is 15.0 Å². The summed E-state index contributed by atoms with van der Waals surface area (Å²) in [6, 6.07) is 5.20. The zero-order valence-electron chi connectivity index (χ0n) is 14.1. The number of amides is 3. The van der Waals surface area contributed by atoms with Crippen LogP contribution in [0.1, 0.15) is 18.1 Å². The molecule has 0 aliphatic rings. The van der Waals surface area contributed by atoms with Crippen LogP contribution in [0.25, 0.3) is 0 Å². The summed E-state index contributed by atoms with van der Waals surface area (Å²) in [7, 11) is 2.90. The van der Waals surface area contributed by atoms with Crippen LogP contribution < -0.4 is 15.5 Å². The molecule has 0 aromatic heterocycles. The number of para-hydroxylation sites is 1. The monoisotopic (exact) mass is 322 g/mol. The molecule has 0 spiro atoms. The van der Waals surface area contributed by atoms with Crippen LogP contribution in [0, 0.1) is 13.8 Å². The van der Waals surface area contributed by atoms with Crippen LogP contribution in [-0.4, -0.2) is 44.7 Å². The van der Waals surface area contributed by atoms with Crippen molar-refractivity contribution >= 4 is 23.6 Å². The molecular formula is C16H24N3O4+. The molecule has 1 aromatic carbocycles. The molecule has 0 aliphatic carbocycles. The lowest BCUT2D eigenvalue weighted by Gasteiger charge is -2.20. The number of rotatable bonds is 5. The Kier molecular flexibility index (Phi) is 6.71. The van der Waals surface area contributed by atoms with Crippen molar-refractivity contribution in [2.24, 2.45) is 0 Å². The minimum Gasteiger partial charge on any atom is -0.453 e. The van der Waals surface area contributed by atoms with Gasteiger partial charge >= 0.3 is 6.09 Å². The molecule has 7 heteroatoms. The quantitative estimate of drug-likeness (QED) is 0.713. The van der Waals surface area contributed by atoms with Crippen LogP contribution in [0.3, 0.4) is 0 Å². The summed E-state index contributed by atoms with van der Waals surface area (Å²) >= 11 is 0. The maximum Gasteiger partial charge on any atom is 0.413 e. The average molecular weight is 322 g/mol. The third-order valence-corrected chi connectivity index (χ3v) is 3.73. The van der Waals surface area contributed by atoms with Gasteiger partial charge in [0, 0.05) is 5.69 Å². The lowest BCUT2D eigenvalue weighted by Crippen LogP contribution is -3.15. The Bertz CT molecular complexity index is 581. The standard InChI is InChI=1S/C16H23N3O4/c1-10-7-6-8-11(2)14(10)17-13(20)9-19(4)12(3)15(21)18-16(22)23-5/h6-8,12H,9H2,1-5H3,(H,17,20)(H,18,21,22)/p+1/t12-/m0/s1. The lowest BCUT2D eigenvalue weighted by atomic mass is 10.1. The van der Waals surface area contributed by atoms with Crippen molar-refractivity contribution in [1.29, 1.82) is 0 Å². The van der Waals surface area contributed by atoms with Gasteiger partial charge in [0.2, 0.25) is 0 Å². The van der Waals surface area contributed by atoms with Gasteiger partial charge in [0.25, 0.3) is 11.8 Å². The number of benzene rings is 1. The van der Waals surface area contributed by atoms with Crippen LogP contribution in [0.4, 0.5) is 10.5 Å². The fraction of sp³-hybridized carbons (Fsp3) is 0.438. The van der Waals surface area contributed by atoms with Crippen LogP contribution >= 0.6 is 0 Å². The maximum absolute atomic E-state index is 12.2. The molecule has 0 fully saturated rings. The highest BCUT2D eigenvalue weighted by Crippen LogP contribution is 2.18. The summed E-state index contributed by atoms with van der Waals surface area (Å²) < 4.78 is 4.38. The summed E-state index contributed by atoms with van der Waals surface area (Å²) in [5, 5.41) is 4.97. The third-order valence-electron chi connectivity index (χ3n) is 3.73. The first-order valence-electron chi connectivity index (χ1n) is 7.33. The number of aryl methyl sites for hydroxylation is 2. The third kappa shape index (κ3) is 5.37. The number of nitrogens with one attached hydrogen (secondary N) is 3. The first-order valence-corrected chi connectivity index (χ1v) is 7.33. The van der Waals surface area contributed by atoms with E-state index in [9.17, 15) is 14.4 Å². The highest BCUT2D eigenvalue weighted by atomic mass is 16.5. The van der Waals surface area contributed by atoms with Crippen LogP contribution in [0.5, 0.6) is 0 Å². The van der Waals surface area contributed by atoms with Crippen molar-refractivity contribution in [1.82, 2.24) is 5.32 Å². The number of carbonyl (C=O) groups is 3. The molecule has 23 heavy (non-hydrogen) atoms. The molecule has 126 valence electrons. The Morgan fingerprint density at radius 1 is 1.22 bits per heavy atom. The molecule has 7 nitrogen and oxygen atoms in total. The highest BCUT2D eigenvalue weighted by molar-refractivity contribution is 5.95. The normalized spacial score (nSPS) is 12.9. The summed E-state index contributed by atoms with van der Waals surface area (Å²) in [4.78, 5) is 35.7. The Morgan fingerprint density at radius 2 is 1.78 bits per heavy atom. The second kappa shape index (κ2) is 8.28. The van der Waals surface area contributed by atoms with E-state index in [-0.39, 0.29) is 12.5 Å². The molecule has 1 unspecified atom stereocenters. The number of hydrogen-bond donors (Lipinski definition) is 3. The zero-order chi connectivity index (χ0) is 17.6. The van der Waals surface area contributed by atoms with Crippen molar-refractivity contribution in [3.63, 3.8) is 0 Å². The van der Waals surface area contributed by atoms with Crippen molar-refractivity contribution in [3.8, 4) is 0 Å². The number of likely N-dealkylation sites (N-methyl/N-ethyl adjacent to an activating group) is 1. The second-order valence-electron chi connectivity index (χ2n) is 5.54. The van der Waals surface area contributed by atoms with Crippen LogP contribution in [0.15, 0.2) is 18.2 Å². The van der Waals surface area contributed by atoms with Gasteiger partial charge in [0.05, 0.1) is 14.2 Å². The van der Waals surface area contributed by atoms with Gasteiger partial charge in [0.15, 0.2) is 12.6 Å². The molecule has 0 bridgehead atoms. The number of anilines is 1. The predicted octanol–water partition coefficient (Wildman–Crippen LogP) is 0.0277. The van der Waals surface area contributed by atoms with Crippen molar-refractivity contribution < 1.29 is 24.0 Å². The summed E-state index contributed by atoms with van der Waals surface area (Å²) in [5.74, 6) is -0.688. The summed E-state index contributed by atoms with van der Waals surface area (Å²) in [6.45, 7) is 5.58. The molecule has 3 amide bonds. The van der Waals surface area contributed by atoms with Gasteiger partial charge in [0.1, 0.15) is 0 Å². The van der Waals surface area contributed by atoms with Crippen LogP contribution in [0.2, 0.25) is 0 Å². The van der Waals surface area contributed by atoms with E-state index in [1.165, 1.54) is 7.11 Å². The van der Waals surface area contributed by atoms with E-state index in [2.05, 4.69) is 15.4 Å². The Balaban J connectivity index is 2.63. The Morgan fingerprint density at radius 3 is 2.30 bits per heavy atom. The maximum atomic E-state index is 12.2. The van der Waals surface area contributed by atoms with Crippen molar-refractivity contribution in [2.45, 2.75) is 26.8 Å². The number of alkyl carbamates (subject to hydrolysis) is 1. The summed E-state index contributed by atoms with van der Waals surface area (Å²) in [6.07, 6.45) is -0.811. The minimum absolute atomic E-state index is 0.101. The highest BCUT2D eigenvalue weighted by Gasteiger charge is 2.25. The van der Waals surface area contributed by atoms with Gasteiger partial charge in [-0.1, -0.05) is 18.2 Å². The topological polar surface area (TPSA) is 88.9 Å². The Hall–Kier alpha value is -2.41. The second-order valence-corrected chi connectivity index (χ2v) is 5.54. The number of quaternary nitrogens is 1. The lowest BCUT2D eigenvalue weighted by molar-refractivity contribution is -0.885. The number of ether oxygens (including phenoxy) is 1. The molecule has 2 atom stereocenters. The predicted molar refractivity (Wildman–Crippen MR) is 86.3 cm³/mol. The summed E-state index contributed by atoms with van der Waals surface area (Å²) in [5.41, 5.74) is 2.75. The molecule has 1 aromatic rings. The first-order chi connectivity index (χ1) is 10.8. The van der Waals surface area contributed by atoms with E-state index >= 15 is 0 Å². The molecule has 0 radical (unpaired) electrons. The number of methoxy groups -OCH3 is 1. The van der Waals surface area contributed by atoms with Gasteiger partial charge in [-0.2, -0.15) is 0 Å². The molecule has 0 saturated heterocycles. The molecule has 0 saturated carbocycles. The fourth-order valence-corrected chi connectivity index (χ4v) is 2.09. The van der Waals surface area contributed by atoms with Gasteiger partial charge in [-0.3, -0.25) is 14.9 Å². The smallest absolute Gasteiger partial charge is 0.413 e. The van der Waals surface area contributed by atoms with Crippen LogP contribution in [-0.2, 0) is 14.3 Å². The van der Waals surface area contributed by atoms with E-state index < -0.39 is 18.0 Å². The molecule has 3 N–H and O–H groups in total. The molecule has 0 aliphatic heterocycles. The molecule has 0 heterocycles. The largest absolute Gasteiger partial charge is 0.453 e. The zero-order valence-corrected chi connectivity index (χ0v) is 14.1. The van der Waals surface area contributed by atoms with E-state index in [0.29, 0.717) is 4.90 Å². The van der Waals surface area contributed by atoms with Gasteiger partial charge in [-0.05, 0) is 31.9 Å². The number of hydrogen-bond acceptors (Lipinski definition) is 4. The number of imide groups is 1. The van der Waals surface area contributed by atoms with E-state index in [0.717, 1.165) is 16.8 Å². The van der Waals surface area contributed by atoms with Gasteiger partial charge in [-0.15, -0.1) is 0 Å². The molecular weight excluding hydrogens is 298 g/mol. The van der Waals surface area contributed by atoms with Crippen molar-refractivity contribution in [2.75, 3.05) is 26.0 Å². The number of carbonyl (C=O) groups excluding carboxylic acids is 3. The fourth-order valence-electron chi connectivity index (χ4n) is 2.09. The average Bonchev–Trinajstić information content (AvgIpc) is 2.49.